The van der Waals surface area contributed by atoms with Crippen LogP contribution in [0, 0.1) is 11.8 Å². The third-order valence-corrected chi connectivity index (χ3v) is 6.67. The number of sulfonamides is 1. The van der Waals surface area contributed by atoms with E-state index in [2.05, 4.69) is 21.2 Å². The lowest BCUT2D eigenvalue weighted by atomic mass is 10.0. The van der Waals surface area contributed by atoms with Gasteiger partial charge in [0.25, 0.3) is 0 Å². The van der Waals surface area contributed by atoms with Crippen LogP contribution in [0.1, 0.15) is 0 Å². The van der Waals surface area contributed by atoms with Crippen LogP contribution in [0.4, 0.5) is 0 Å². The van der Waals surface area contributed by atoms with Gasteiger partial charge in [0.2, 0.25) is 10.0 Å². The maximum atomic E-state index is 12.6. The molecule has 2 saturated heterocycles. The van der Waals surface area contributed by atoms with Gasteiger partial charge in [0.05, 0.1) is 5.02 Å². The minimum absolute atomic E-state index is 0.191. The molecule has 0 aliphatic carbocycles. The second-order valence-electron chi connectivity index (χ2n) is 5.08. The van der Waals surface area contributed by atoms with E-state index in [1.165, 1.54) is 0 Å². The molecule has 1 aromatic carbocycles. The van der Waals surface area contributed by atoms with Crippen LogP contribution in [-0.2, 0) is 10.0 Å². The molecule has 104 valence electrons. The molecule has 2 fully saturated rings. The highest BCUT2D eigenvalue weighted by atomic mass is 79.9. The second kappa shape index (κ2) is 5.00. The summed E-state index contributed by atoms with van der Waals surface area (Å²) in [7, 11) is -3.49. The molecule has 7 heteroatoms. The fraction of sp³-hybridized carbons (Fsp3) is 0.500. The summed E-state index contributed by atoms with van der Waals surface area (Å²) in [6.07, 6.45) is 0. The molecule has 19 heavy (non-hydrogen) atoms. The normalized spacial score (nSPS) is 27.7. The lowest BCUT2D eigenvalue weighted by molar-refractivity contribution is 0.448. The van der Waals surface area contributed by atoms with Gasteiger partial charge in [0, 0.05) is 17.6 Å². The molecule has 0 spiro atoms. The Balaban J connectivity index is 1.93. The Morgan fingerprint density at radius 3 is 2.53 bits per heavy atom. The molecule has 2 heterocycles. The smallest absolute Gasteiger partial charge is 0.244 e. The summed E-state index contributed by atoms with van der Waals surface area (Å²) in [4.78, 5) is 0.191. The van der Waals surface area contributed by atoms with Crippen molar-refractivity contribution in [3.63, 3.8) is 0 Å². The van der Waals surface area contributed by atoms with Crippen molar-refractivity contribution in [2.75, 3.05) is 26.2 Å². The van der Waals surface area contributed by atoms with Crippen LogP contribution in [0.5, 0.6) is 0 Å². The Bertz CT molecular complexity index is 596. The van der Waals surface area contributed by atoms with E-state index in [0.29, 0.717) is 24.9 Å². The van der Waals surface area contributed by atoms with Crippen LogP contribution in [0.2, 0.25) is 5.02 Å². The van der Waals surface area contributed by atoms with Gasteiger partial charge in [-0.1, -0.05) is 27.5 Å². The van der Waals surface area contributed by atoms with Crippen LogP contribution in [-0.4, -0.2) is 38.9 Å². The summed E-state index contributed by atoms with van der Waals surface area (Å²) < 4.78 is 27.6. The number of nitrogens with zero attached hydrogens (tertiary/aromatic N) is 1. The lowest BCUT2D eigenvalue weighted by Gasteiger charge is -2.18. The Kier molecular flexibility index (Phi) is 3.64. The minimum atomic E-state index is -3.49. The SMILES string of the molecule is O=S(=O)(c1cc(Br)ccc1Cl)N1C[C@H]2CNC[C@H]2C1. The van der Waals surface area contributed by atoms with E-state index < -0.39 is 10.0 Å². The zero-order chi connectivity index (χ0) is 13.6. The summed E-state index contributed by atoms with van der Waals surface area (Å²) in [5, 5.41) is 3.58. The average Bonchev–Trinajstić information content (AvgIpc) is 2.92. The van der Waals surface area contributed by atoms with Crippen molar-refractivity contribution < 1.29 is 8.42 Å². The van der Waals surface area contributed by atoms with Crippen LogP contribution < -0.4 is 5.32 Å². The van der Waals surface area contributed by atoms with Gasteiger partial charge in [-0.2, -0.15) is 4.31 Å². The highest BCUT2D eigenvalue weighted by Gasteiger charge is 2.42. The molecular weight excluding hydrogens is 352 g/mol. The zero-order valence-corrected chi connectivity index (χ0v) is 13.3. The molecule has 0 saturated carbocycles. The van der Waals surface area contributed by atoms with Gasteiger partial charge in [-0.3, -0.25) is 0 Å². The summed E-state index contributed by atoms with van der Waals surface area (Å²) in [6.45, 7) is 2.98. The first-order chi connectivity index (χ1) is 8.98. The van der Waals surface area contributed by atoms with Gasteiger partial charge in [-0.25, -0.2) is 8.42 Å². The molecular formula is C12H14BrClN2O2S. The molecule has 0 aromatic heterocycles. The number of hydrogen-bond donors (Lipinski definition) is 1. The average molecular weight is 366 g/mol. The van der Waals surface area contributed by atoms with E-state index in [9.17, 15) is 8.42 Å². The van der Waals surface area contributed by atoms with Gasteiger partial charge < -0.3 is 5.32 Å². The first-order valence-electron chi connectivity index (χ1n) is 6.14. The number of rotatable bonds is 2. The van der Waals surface area contributed by atoms with Crippen LogP contribution >= 0.6 is 27.5 Å². The Morgan fingerprint density at radius 1 is 1.26 bits per heavy atom. The van der Waals surface area contributed by atoms with E-state index in [4.69, 9.17) is 11.6 Å². The first-order valence-corrected chi connectivity index (χ1v) is 8.75. The van der Waals surface area contributed by atoms with Gasteiger partial charge in [-0.15, -0.1) is 0 Å². The van der Waals surface area contributed by atoms with Crippen molar-refractivity contribution in [1.82, 2.24) is 9.62 Å². The number of halogens is 2. The van der Waals surface area contributed by atoms with Crippen molar-refractivity contribution in [2.45, 2.75) is 4.90 Å². The summed E-state index contributed by atoms with van der Waals surface area (Å²) in [5.41, 5.74) is 0. The molecule has 4 nitrogen and oxygen atoms in total. The topological polar surface area (TPSA) is 49.4 Å². The van der Waals surface area contributed by atoms with Crippen molar-refractivity contribution in [2.24, 2.45) is 11.8 Å². The van der Waals surface area contributed by atoms with Crippen LogP contribution in [0.25, 0.3) is 0 Å². The fourth-order valence-electron chi connectivity index (χ4n) is 2.82. The lowest BCUT2D eigenvalue weighted by Crippen LogP contribution is -2.32. The summed E-state index contributed by atoms with van der Waals surface area (Å²) in [5.74, 6) is 0.862. The third-order valence-electron chi connectivity index (χ3n) is 3.87. The second-order valence-corrected chi connectivity index (χ2v) is 8.30. The quantitative estimate of drug-likeness (QED) is 0.871. The summed E-state index contributed by atoms with van der Waals surface area (Å²) >= 11 is 9.34. The summed E-state index contributed by atoms with van der Waals surface area (Å²) in [6, 6.07) is 4.92. The zero-order valence-electron chi connectivity index (χ0n) is 10.1. The fourth-order valence-corrected chi connectivity index (χ4v) is 5.39. The standard InChI is InChI=1S/C12H14BrClN2O2S/c13-10-1-2-11(14)12(3-10)19(17,18)16-6-8-4-15-5-9(8)7-16/h1-3,8-9,15H,4-7H2/t8-,9+. The molecule has 0 bridgehead atoms. The maximum absolute atomic E-state index is 12.6. The highest BCUT2D eigenvalue weighted by Crippen LogP contribution is 2.34. The molecule has 1 aromatic rings. The van der Waals surface area contributed by atoms with Crippen molar-refractivity contribution in [3.05, 3.63) is 27.7 Å². The maximum Gasteiger partial charge on any atom is 0.244 e. The van der Waals surface area contributed by atoms with E-state index in [1.807, 2.05) is 0 Å². The van der Waals surface area contributed by atoms with Crippen molar-refractivity contribution >= 4 is 37.6 Å². The van der Waals surface area contributed by atoms with E-state index in [-0.39, 0.29) is 9.92 Å². The van der Waals surface area contributed by atoms with Gasteiger partial charge in [0.1, 0.15) is 4.90 Å². The van der Waals surface area contributed by atoms with Gasteiger partial charge in [-0.05, 0) is 43.1 Å². The number of benzene rings is 1. The predicted octanol–water partition coefficient (Wildman–Crippen LogP) is 1.94. The van der Waals surface area contributed by atoms with E-state index in [1.54, 1.807) is 22.5 Å². The number of hydrogen-bond acceptors (Lipinski definition) is 3. The molecule has 2 atom stereocenters. The molecule has 3 rings (SSSR count). The Morgan fingerprint density at radius 2 is 1.89 bits per heavy atom. The number of fused-ring (bicyclic) bond motifs is 1. The minimum Gasteiger partial charge on any atom is -0.316 e. The molecule has 2 aliphatic heterocycles. The molecule has 1 N–H and O–H groups in total. The van der Waals surface area contributed by atoms with Gasteiger partial charge in [0.15, 0.2) is 0 Å². The predicted molar refractivity (Wildman–Crippen MR) is 77.8 cm³/mol. The Labute approximate surface area is 126 Å². The van der Waals surface area contributed by atoms with E-state index in [0.717, 1.165) is 17.6 Å². The monoisotopic (exact) mass is 364 g/mol. The highest BCUT2D eigenvalue weighted by molar-refractivity contribution is 9.10. The molecule has 0 amide bonds. The molecule has 0 radical (unpaired) electrons. The number of nitrogens with one attached hydrogen (secondary N) is 1. The van der Waals surface area contributed by atoms with Crippen molar-refractivity contribution in [3.8, 4) is 0 Å². The Hall–Kier alpha value is -0.140. The van der Waals surface area contributed by atoms with Crippen LogP contribution in [0.3, 0.4) is 0 Å². The van der Waals surface area contributed by atoms with E-state index >= 15 is 0 Å². The van der Waals surface area contributed by atoms with Crippen LogP contribution in [0.15, 0.2) is 27.6 Å². The van der Waals surface area contributed by atoms with Crippen molar-refractivity contribution in [1.29, 1.82) is 0 Å². The van der Waals surface area contributed by atoms with Gasteiger partial charge >= 0.3 is 0 Å². The third kappa shape index (κ3) is 2.45. The molecule has 2 aliphatic rings. The largest absolute Gasteiger partial charge is 0.316 e. The first kappa shape index (κ1) is 13.8. The molecule has 0 unspecified atom stereocenters.